The van der Waals surface area contributed by atoms with Gasteiger partial charge in [-0.05, 0) is 79.1 Å². The molecule has 1 amide bonds. The molecule has 6 heteroatoms. The quantitative estimate of drug-likeness (QED) is 0.233. The molecule has 4 rings (SSSR count). The summed E-state index contributed by atoms with van der Waals surface area (Å²) in [5, 5.41) is 12.5. The number of amides is 1. The zero-order valence-corrected chi connectivity index (χ0v) is 21.2. The minimum absolute atomic E-state index is 0.0541. The second-order valence-corrected chi connectivity index (χ2v) is 8.63. The van der Waals surface area contributed by atoms with Gasteiger partial charge in [0.2, 0.25) is 0 Å². The molecule has 0 unspecified atom stereocenters. The topological polar surface area (TPSA) is 76.3 Å². The van der Waals surface area contributed by atoms with Crippen molar-refractivity contribution in [1.29, 1.82) is 5.26 Å². The number of carbonyl (C=O) groups excluding carboxylic acids is 1. The van der Waals surface area contributed by atoms with Crippen molar-refractivity contribution in [2.75, 3.05) is 7.11 Å². The number of methoxy groups -OCH3 is 1. The summed E-state index contributed by atoms with van der Waals surface area (Å²) in [6, 6.07) is 29.4. The molecule has 1 aromatic heterocycles. The number of aryl methyl sites for hydroxylation is 1. The van der Waals surface area contributed by atoms with Gasteiger partial charge in [0.25, 0.3) is 5.91 Å². The van der Waals surface area contributed by atoms with E-state index in [1.54, 1.807) is 13.2 Å². The normalized spacial score (nSPS) is 11.0. The largest absolute Gasteiger partial charge is 0.497 e. The summed E-state index contributed by atoms with van der Waals surface area (Å²) in [7, 11) is 1.61. The lowest BCUT2D eigenvalue weighted by molar-refractivity contribution is -0.117. The number of nitrogens with one attached hydrogen (secondary N) is 1. The van der Waals surface area contributed by atoms with Crippen LogP contribution in [0.25, 0.3) is 11.8 Å². The Morgan fingerprint density at radius 2 is 1.62 bits per heavy atom. The molecule has 0 aliphatic rings. The van der Waals surface area contributed by atoms with Crippen molar-refractivity contribution in [2.45, 2.75) is 27.0 Å². The van der Waals surface area contributed by atoms with Crippen LogP contribution in [0.2, 0.25) is 0 Å². The van der Waals surface area contributed by atoms with Crippen molar-refractivity contribution in [3.63, 3.8) is 0 Å². The fraction of sp³-hybridized carbons (Fsp3) is 0.161. The van der Waals surface area contributed by atoms with E-state index >= 15 is 0 Å². The van der Waals surface area contributed by atoms with Gasteiger partial charge >= 0.3 is 0 Å². The predicted octanol–water partition coefficient (Wildman–Crippen LogP) is 5.91. The first-order valence-electron chi connectivity index (χ1n) is 12.0. The van der Waals surface area contributed by atoms with Crippen LogP contribution in [0.3, 0.4) is 0 Å². The van der Waals surface area contributed by atoms with Crippen molar-refractivity contribution < 1.29 is 14.3 Å². The minimum atomic E-state index is -0.414. The highest BCUT2D eigenvalue weighted by atomic mass is 16.5. The zero-order valence-electron chi connectivity index (χ0n) is 21.2. The van der Waals surface area contributed by atoms with Crippen LogP contribution in [-0.4, -0.2) is 17.6 Å². The van der Waals surface area contributed by atoms with Crippen molar-refractivity contribution in [3.8, 4) is 23.3 Å². The number of aromatic nitrogens is 1. The number of nitriles is 1. The third-order valence-electron chi connectivity index (χ3n) is 6.09. The third kappa shape index (κ3) is 6.28. The molecule has 6 nitrogen and oxygen atoms in total. The Morgan fingerprint density at radius 3 is 2.27 bits per heavy atom. The molecule has 1 N–H and O–H groups in total. The fourth-order valence-electron chi connectivity index (χ4n) is 4.09. The smallest absolute Gasteiger partial charge is 0.262 e. The van der Waals surface area contributed by atoms with E-state index in [0.29, 0.717) is 13.2 Å². The second kappa shape index (κ2) is 11.8. The summed E-state index contributed by atoms with van der Waals surface area (Å²) in [5.41, 5.74) is 5.81. The van der Waals surface area contributed by atoms with Gasteiger partial charge in [-0.25, -0.2) is 0 Å². The second-order valence-electron chi connectivity index (χ2n) is 8.63. The van der Waals surface area contributed by atoms with E-state index in [4.69, 9.17) is 9.47 Å². The molecule has 0 bridgehead atoms. The van der Waals surface area contributed by atoms with Crippen molar-refractivity contribution in [1.82, 2.24) is 9.88 Å². The average molecular weight is 492 g/mol. The summed E-state index contributed by atoms with van der Waals surface area (Å²) in [6.07, 6.45) is 1.64. The molecule has 0 radical (unpaired) electrons. The Morgan fingerprint density at radius 1 is 0.946 bits per heavy atom. The van der Waals surface area contributed by atoms with E-state index in [0.717, 1.165) is 45.3 Å². The van der Waals surface area contributed by atoms with Gasteiger partial charge in [-0.2, -0.15) is 5.26 Å². The summed E-state index contributed by atoms with van der Waals surface area (Å²) in [6.45, 7) is 4.80. The van der Waals surface area contributed by atoms with Gasteiger partial charge in [0.1, 0.15) is 29.7 Å². The number of ether oxygens (including phenoxy) is 2. The minimum Gasteiger partial charge on any atom is -0.497 e. The standard InChI is InChI=1S/C31H29N3O3/c1-22-17-26(18-27(19-32)31(35)33-20-24-9-13-29(36-3)14-10-24)23(2)34(22)28-11-15-30(16-12-28)37-21-25-7-5-4-6-8-25/h4-18H,20-21H2,1-3H3,(H,33,35)/b27-18-. The van der Waals surface area contributed by atoms with Gasteiger partial charge in [0, 0.05) is 23.6 Å². The maximum atomic E-state index is 12.7. The molecule has 0 fully saturated rings. The van der Waals surface area contributed by atoms with Gasteiger partial charge in [0.05, 0.1) is 7.11 Å². The Kier molecular flexibility index (Phi) is 8.07. The average Bonchev–Trinajstić information content (AvgIpc) is 3.22. The van der Waals surface area contributed by atoms with Crippen LogP contribution in [0, 0.1) is 25.2 Å². The molecule has 0 aliphatic carbocycles. The molecular formula is C31H29N3O3. The molecular weight excluding hydrogens is 462 g/mol. The molecule has 0 saturated heterocycles. The van der Waals surface area contributed by atoms with Gasteiger partial charge in [0.15, 0.2) is 0 Å². The van der Waals surface area contributed by atoms with Crippen LogP contribution < -0.4 is 14.8 Å². The number of nitrogens with zero attached hydrogens (tertiary/aromatic N) is 2. The molecule has 0 aliphatic heterocycles. The lowest BCUT2D eigenvalue weighted by Crippen LogP contribution is -2.23. The molecule has 3 aromatic carbocycles. The summed E-state index contributed by atoms with van der Waals surface area (Å²) < 4.78 is 13.2. The number of benzene rings is 3. The first-order valence-corrected chi connectivity index (χ1v) is 12.0. The van der Waals surface area contributed by atoms with E-state index in [1.165, 1.54) is 0 Å². The first-order chi connectivity index (χ1) is 18.0. The van der Waals surface area contributed by atoms with Crippen LogP contribution in [0.1, 0.15) is 28.1 Å². The fourth-order valence-corrected chi connectivity index (χ4v) is 4.09. The summed E-state index contributed by atoms with van der Waals surface area (Å²) >= 11 is 0. The Balaban J connectivity index is 1.46. The lowest BCUT2D eigenvalue weighted by atomic mass is 10.1. The van der Waals surface area contributed by atoms with Crippen LogP contribution in [0.5, 0.6) is 11.5 Å². The van der Waals surface area contributed by atoms with Gasteiger partial charge < -0.3 is 19.4 Å². The van der Waals surface area contributed by atoms with Gasteiger partial charge in [-0.3, -0.25) is 4.79 Å². The number of rotatable bonds is 9. The highest BCUT2D eigenvalue weighted by Crippen LogP contribution is 2.25. The third-order valence-corrected chi connectivity index (χ3v) is 6.09. The van der Waals surface area contributed by atoms with Crippen molar-refractivity contribution in [3.05, 3.63) is 119 Å². The van der Waals surface area contributed by atoms with Crippen molar-refractivity contribution >= 4 is 12.0 Å². The van der Waals surface area contributed by atoms with E-state index in [1.807, 2.05) is 105 Å². The Hall–Kier alpha value is -4.76. The van der Waals surface area contributed by atoms with Crippen LogP contribution in [0.15, 0.2) is 90.5 Å². The highest BCUT2D eigenvalue weighted by molar-refractivity contribution is 6.01. The Labute approximate surface area is 217 Å². The van der Waals surface area contributed by atoms with Gasteiger partial charge in [-0.15, -0.1) is 0 Å². The summed E-state index contributed by atoms with van der Waals surface area (Å²) in [4.78, 5) is 12.7. The molecule has 186 valence electrons. The number of carbonyl (C=O) groups is 1. The van der Waals surface area contributed by atoms with E-state index in [9.17, 15) is 10.1 Å². The zero-order chi connectivity index (χ0) is 26.2. The molecule has 0 spiro atoms. The molecule has 0 atom stereocenters. The molecule has 4 aromatic rings. The number of hydrogen-bond acceptors (Lipinski definition) is 4. The maximum absolute atomic E-state index is 12.7. The first kappa shape index (κ1) is 25.3. The number of hydrogen-bond donors (Lipinski definition) is 1. The maximum Gasteiger partial charge on any atom is 0.262 e. The molecule has 1 heterocycles. The monoisotopic (exact) mass is 491 g/mol. The molecule has 37 heavy (non-hydrogen) atoms. The Bertz CT molecular complexity index is 1430. The van der Waals surface area contributed by atoms with Crippen LogP contribution in [0.4, 0.5) is 0 Å². The SMILES string of the molecule is COc1ccc(CNC(=O)/C(C#N)=C\c2cc(C)n(-c3ccc(OCc4ccccc4)cc3)c2C)cc1. The predicted molar refractivity (Wildman–Crippen MR) is 144 cm³/mol. The van der Waals surface area contributed by atoms with E-state index < -0.39 is 5.91 Å². The van der Waals surface area contributed by atoms with Gasteiger partial charge in [-0.1, -0.05) is 42.5 Å². The highest BCUT2D eigenvalue weighted by Gasteiger charge is 2.14. The van der Waals surface area contributed by atoms with Crippen LogP contribution in [-0.2, 0) is 17.9 Å². The summed E-state index contributed by atoms with van der Waals surface area (Å²) in [5.74, 6) is 1.12. The van der Waals surface area contributed by atoms with E-state index in [2.05, 4.69) is 9.88 Å². The van der Waals surface area contributed by atoms with E-state index in [-0.39, 0.29) is 5.57 Å². The van der Waals surface area contributed by atoms with Crippen LogP contribution >= 0.6 is 0 Å². The lowest BCUT2D eigenvalue weighted by Gasteiger charge is -2.11. The van der Waals surface area contributed by atoms with Crippen molar-refractivity contribution in [2.24, 2.45) is 0 Å². The molecule has 0 saturated carbocycles.